The summed E-state index contributed by atoms with van der Waals surface area (Å²) in [5, 5.41) is 14.0. The summed E-state index contributed by atoms with van der Waals surface area (Å²) in [6.45, 7) is 3.09. The van der Waals surface area contributed by atoms with E-state index in [1.165, 1.54) is 0 Å². The van der Waals surface area contributed by atoms with Crippen LogP contribution in [0.2, 0.25) is 0 Å². The normalized spacial score (nSPS) is 20.2. The Morgan fingerprint density at radius 1 is 0.943 bits per heavy atom. The molecule has 3 aromatic rings. The van der Waals surface area contributed by atoms with E-state index in [0.29, 0.717) is 30.7 Å². The van der Waals surface area contributed by atoms with Crippen LogP contribution >= 0.6 is 0 Å². The van der Waals surface area contributed by atoms with Crippen LogP contribution in [0.15, 0.2) is 88.7 Å². The van der Waals surface area contributed by atoms with Crippen LogP contribution in [0.1, 0.15) is 31.4 Å². The summed E-state index contributed by atoms with van der Waals surface area (Å²) in [6, 6.07) is 12.9. The van der Waals surface area contributed by atoms with Gasteiger partial charge in [-0.3, -0.25) is 10.1 Å². The highest BCUT2D eigenvalue weighted by molar-refractivity contribution is 7.89. The number of halogens is 3. The summed E-state index contributed by atoms with van der Waals surface area (Å²) in [7, 11) is -9.13. The molecule has 2 saturated heterocycles. The highest BCUT2D eigenvalue weighted by Gasteiger charge is 2.44. The van der Waals surface area contributed by atoms with E-state index >= 15 is 0 Å². The molecule has 5 rings (SSSR count). The van der Waals surface area contributed by atoms with Crippen molar-refractivity contribution in [1.82, 2.24) is 14.3 Å². The summed E-state index contributed by atoms with van der Waals surface area (Å²) in [4.78, 5) is 23.2. The second kappa shape index (κ2) is 16.5. The topological polar surface area (TPSA) is 183 Å². The highest BCUT2D eigenvalue weighted by Crippen LogP contribution is 2.33. The Labute approximate surface area is 304 Å². The second-order valence-electron chi connectivity index (χ2n) is 13.1. The number of rotatable bonds is 15. The number of carbonyl (C=O) groups is 1. The van der Waals surface area contributed by atoms with Gasteiger partial charge >= 0.3 is 12.3 Å². The number of fused-ring (bicyclic) bond motifs is 1. The number of alkyl carbamates (subject to hydrolysis) is 1. The molecule has 1 amide bonds. The maximum absolute atomic E-state index is 14.1. The van der Waals surface area contributed by atoms with Crippen molar-refractivity contribution >= 4 is 31.8 Å². The predicted molar refractivity (Wildman–Crippen MR) is 183 cm³/mol. The van der Waals surface area contributed by atoms with Gasteiger partial charge in [0.2, 0.25) is 20.0 Å². The lowest BCUT2D eigenvalue weighted by atomic mass is 9.99. The minimum absolute atomic E-state index is 0.0322. The number of hydrogen-bond donors (Lipinski definition) is 2. The van der Waals surface area contributed by atoms with Crippen LogP contribution in [-0.4, -0.2) is 82.9 Å². The van der Waals surface area contributed by atoms with Gasteiger partial charge in [-0.25, -0.2) is 26.4 Å². The SMILES string of the molecule is CC(C)CN(C[C@@H](NS(=O)(=O)c1ccc([N+](=O)[O-])cc1)[C@H](Cc1ccccc1)NC(=O)O[C@H]1CO[C@H]2OCC[C@H]21)S(=O)(=O)c1ccc(C(F)(F)F)cc1. The number of amides is 1. The Hall–Kier alpha value is -4.14. The lowest BCUT2D eigenvalue weighted by molar-refractivity contribution is -0.384. The molecule has 2 N–H and O–H groups in total. The number of ether oxygens (including phenoxy) is 3. The molecule has 0 aliphatic carbocycles. The maximum atomic E-state index is 14.1. The third kappa shape index (κ3) is 10.1. The van der Waals surface area contributed by atoms with Crippen molar-refractivity contribution in [1.29, 1.82) is 0 Å². The molecule has 2 fully saturated rings. The molecular formula is C34H39F3N4O10S2. The van der Waals surface area contributed by atoms with Crippen LogP contribution in [0.25, 0.3) is 0 Å². The zero-order valence-corrected chi connectivity index (χ0v) is 30.3. The molecular weight excluding hydrogens is 746 g/mol. The van der Waals surface area contributed by atoms with Crippen LogP contribution in [0.4, 0.5) is 23.7 Å². The van der Waals surface area contributed by atoms with Crippen molar-refractivity contribution in [3.05, 3.63) is 100 Å². The van der Waals surface area contributed by atoms with Gasteiger partial charge in [-0.15, -0.1) is 0 Å². The largest absolute Gasteiger partial charge is 0.443 e. The molecule has 14 nitrogen and oxygen atoms in total. The van der Waals surface area contributed by atoms with E-state index in [1.807, 2.05) is 0 Å². The molecule has 53 heavy (non-hydrogen) atoms. The Morgan fingerprint density at radius 3 is 2.19 bits per heavy atom. The molecule has 288 valence electrons. The van der Waals surface area contributed by atoms with Crippen LogP contribution in [0.5, 0.6) is 0 Å². The fraction of sp³-hybridized carbons (Fsp3) is 0.441. The first kappa shape index (κ1) is 40.1. The average Bonchev–Trinajstić information content (AvgIpc) is 3.72. The zero-order chi connectivity index (χ0) is 38.6. The second-order valence-corrected chi connectivity index (χ2v) is 16.8. The number of nitrogens with one attached hydrogen (secondary N) is 2. The molecule has 2 aliphatic rings. The van der Waals surface area contributed by atoms with E-state index in [2.05, 4.69) is 10.0 Å². The number of hydrogen-bond acceptors (Lipinski definition) is 10. The standard InChI is InChI=1S/C34H39F3N4O10S2/c1-22(2)19-40(53(47,48)27-12-8-24(9-13-27)34(35,36)37)20-30(39-52(45,46)26-14-10-25(11-15-26)41(43)44)29(18-23-6-4-3-5-7-23)38-33(42)51-31-21-50-32-28(31)16-17-49-32/h3-15,22,28-32,39H,16-21H2,1-2H3,(H,38,42)/t28-,29-,30+,31-,32+/m0/s1. The van der Waals surface area contributed by atoms with E-state index in [0.717, 1.165) is 40.7 Å². The molecule has 19 heteroatoms. The monoisotopic (exact) mass is 784 g/mol. The summed E-state index contributed by atoms with van der Waals surface area (Å²) < 4.78 is 116. The van der Waals surface area contributed by atoms with Gasteiger partial charge in [0.15, 0.2) is 6.29 Å². The van der Waals surface area contributed by atoms with E-state index in [4.69, 9.17) is 14.2 Å². The van der Waals surface area contributed by atoms with Crippen LogP contribution in [0, 0.1) is 22.0 Å². The first-order valence-electron chi connectivity index (χ1n) is 16.6. The van der Waals surface area contributed by atoms with Crippen LogP contribution < -0.4 is 10.0 Å². The highest BCUT2D eigenvalue weighted by atomic mass is 32.2. The molecule has 5 atom stereocenters. The number of nitro groups is 1. The fourth-order valence-corrected chi connectivity index (χ4v) is 9.05. The molecule has 2 aliphatic heterocycles. The minimum atomic E-state index is -4.72. The van der Waals surface area contributed by atoms with Gasteiger partial charge in [-0.2, -0.15) is 17.5 Å². The van der Waals surface area contributed by atoms with Gasteiger partial charge in [-0.1, -0.05) is 44.2 Å². The summed E-state index contributed by atoms with van der Waals surface area (Å²) in [5.74, 6) is -0.569. The number of carbonyl (C=O) groups excluding carboxylic acids is 1. The zero-order valence-electron chi connectivity index (χ0n) is 28.6. The van der Waals surface area contributed by atoms with Gasteiger partial charge in [-0.05, 0) is 60.7 Å². The maximum Gasteiger partial charge on any atom is 0.416 e. The van der Waals surface area contributed by atoms with Gasteiger partial charge in [0.25, 0.3) is 5.69 Å². The number of nitrogens with zero attached hydrogens (tertiary/aromatic N) is 2. The van der Waals surface area contributed by atoms with E-state index in [9.17, 15) is 44.9 Å². The summed E-state index contributed by atoms with van der Waals surface area (Å²) in [6.07, 6.45) is -6.31. The van der Waals surface area contributed by atoms with Crippen molar-refractivity contribution in [3.63, 3.8) is 0 Å². The van der Waals surface area contributed by atoms with Crippen molar-refractivity contribution < 1.29 is 53.9 Å². The first-order chi connectivity index (χ1) is 24.9. The van der Waals surface area contributed by atoms with Crippen LogP contribution in [-0.2, 0) is 46.9 Å². The molecule has 0 unspecified atom stereocenters. The van der Waals surface area contributed by atoms with Crippen LogP contribution in [0.3, 0.4) is 0 Å². The molecule has 0 bridgehead atoms. The Bertz CT molecular complexity index is 1950. The Kier molecular flexibility index (Phi) is 12.5. The number of sulfonamides is 2. The van der Waals surface area contributed by atoms with Crippen molar-refractivity contribution in [2.75, 3.05) is 26.3 Å². The lowest BCUT2D eigenvalue weighted by Crippen LogP contribution is -2.58. The minimum Gasteiger partial charge on any atom is -0.443 e. The lowest BCUT2D eigenvalue weighted by Gasteiger charge is -2.34. The van der Waals surface area contributed by atoms with Crippen molar-refractivity contribution in [2.24, 2.45) is 11.8 Å². The van der Waals surface area contributed by atoms with E-state index in [1.54, 1.807) is 44.2 Å². The smallest absolute Gasteiger partial charge is 0.416 e. The Morgan fingerprint density at radius 2 is 1.58 bits per heavy atom. The molecule has 0 saturated carbocycles. The number of nitro benzene ring substituents is 1. The fourth-order valence-electron chi connectivity index (χ4n) is 6.16. The van der Waals surface area contributed by atoms with E-state index < -0.39 is 78.7 Å². The van der Waals surface area contributed by atoms with Gasteiger partial charge < -0.3 is 19.5 Å². The third-order valence-corrected chi connectivity index (χ3v) is 12.1. The van der Waals surface area contributed by atoms with Crippen molar-refractivity contribution in [3.8, 4) is 0 Å². The van der Waals surface area contributed by atoms with Gasteiger partial charge in [0, 0.05) is 25.2 Å². The summed E-state index contributed by atoms with van der Waals surface area (Å²) >= 11 is 0. The number of benzene rings is 3. The van der Waals surface area contributed by atoms with Gasteiger partial charge in [0.05, 0.1) is 51.5 Å². The molecule has 0 spiro atoms. The molecule has 0 aromatic heterocycles. The predicted octanol–water partition coefficient (Wildman–Crippen LogP) is 4.71. The molecule has 2 heterocycles. The molecule has 0 radical (unpaired) electrons. The molecule has 3 aromatic carbocycles. The quantitative estimate of drug-likeness (QED) is 0.162. The Balaban J connectivity index is 1.53. The number of non-ortho nitro benzene ring substituents is 1. The first-order valence-corrected chi connectivity index (χ1v) is 19.5. The summed E-state index contributed by atoms with van der Waals surface area (Å²) in [5.41, 5.74) is -0.801. The van der Waals surface area contributed by atoms with E-state index in [-0.39, 0.29) is 42.0 Å². The number of alkyl halides is 3. The third-order valence-electron chi connectivity index (χ3n) is 8.78. The van der Waals surface area contributed by atoms with Crippen molar-refractivity contribution in [2.45, 2.75) is 67.1 Å². The average molecular weight is 785 g/mol. The van der Waals surface area contributed by atoms with Gasteiger partial charge in [0.1, 0.15) is 6.10 Å².